The Balaban J connectivity index is 1.67. The maximum atomic E-state index is 3.80. The Hall–Kier alpha value is -0.0800. The molecule has 0 aromatic heterocycles. The van der Waals surface area contributed by atoms with Crippen LogP contribution in [0.1, 0.15) is 46.5 Å². The van der Waals surface area contributed by atoms with Crippen LogP contribution in [0.3, 0.4) is 0 Å². The first kappa shape index (κ1) is 12.0. The molecule has 4 unspecified atom stereocenters. The fourth-order valence-electron chi connectivity index (χ4n) is 4.17. The second kappa shape index (κ2) is 4.24. The Kier molecular flexibility index (Phi) is 2.99. The molecule has 98 valence electrons. The Morgan fingerprint density at radius 3 is 2.47 bits per heavy atom. The van der Waals surface area contributed by atoms with Gasteiger partial charge in [0.15, 0.2) is 0 Å². The van der Waals surface area contributed by atoms with E-state index in [0.717, 1.165) is 23.8 Å². The van der Waals surface area contributed by atoms with E-state index in [-0.39, 0.29) is 0 Å². The van der Waals surface area contributed by atoms with E-state index in [1.54, 1.807) is 0 Å². The van der Waals surface area contributed by atoms with Crippen molar-refractivity contribution >= 4 is 0 Å². The highest BCUT2D eigenvalue weighted by Crippen LogP contribution is 2.42. The van der Waals surface area contributed by atoms with Gasteiger partial charge in [0, 0.05) is 31.2 Å². The van der Waals surface area contributed by atoms with Crippen molar-refractivity contribution in [2.24, 2.45) is 17.8 Å². The molecule has 3 rings (SSSR count). The van der Waals surface area contributed by atoms with Crippen molar-refractivity contribution in [3.63, 3.8) is 0 Å². The largest absolute Gasteiger partial charge is 0.309 e. The maximum Gasteiger partial charge on any atom is 0.0309 e. The standard InChI is InChI=1S/C15H28N2/c1-11-4-7-14(12(11)2)17-9-8-16-15(3,10-17)13-5-6-13/h11-14,16H,4-10H2,1-3H3. The number of hydrogen-bond acceptors (Lipinski definition) is 2. The Morgan fingerprint density at radius 2 is 1.88 bits per heavy atom. The molecule has 3 aliphatic rings. The fraction of sp³-hybridized carbons (Fsp3) is 1.00. The number of nitrogens with one attached hydrogen (secondary N) is 1. The summed E-state index contributed by atoms with van der Waals surface area (Å²) < 4.78 is 0. The third-order valence-corrected chi connectivity index (χ3v) is 5.83. The molecular formula is C15H28N2. The van der Waals surface area contributed by atoms with Gasteiger partial charge in [-0.1, -0.05) is 13.8 Å². The summed E-state index contributed by atoms with van der Waals surface area (Å²) in [5.74, 6) is 2.79. The van der Waals surface area contributed by atoms with Gasteiger partial charge in [0.05, 0.1) is 0 Å². The van der Waals surface area contributed by atoms with Crippen molar-refractivity contribution in [1.29, 1.82) is 0 Å². The van der Waals surface area contributed by atoms with Crippen LogP contribution < -0.4 is 5.32 Å². The number of hydrogen-bond donors (Lipinski definition) is 1. The lowest BCUT2D eigenvalue weighted by molar-refractivity contribution is 0.0704. The Bertz CT molecular complexity index is 287. The summed E-state index contributed by atoms with van der Waals surface area (Å²) in [7, 11) is 0. The van der Waals surface area contributed by atoms with Gasteiger partial charge in [-0.25, -0.2) is 0 Å². The zero-order chi connectivity index (χ0) is 12.0. The van der Waals surface area contributed by atoms with Gasteiger partial charge in [-0.15, -0.1) is 0 Å². The van der Waals surface area contributed by atoms with Crippen LogP contribution in [0, 0.1) is 17.8 Å². The average molecular weight is 236 g/mol. The van der Waals surface area contributed by atoms with Crippen molar-refractivity contribution in [1.82, 2.24) is 10.2 Å². The van der Waals surface area contributed by atoms with Gasteiger partial charge in [0.25, 0.3) is 0 Å². The van der Waals surface area contributed by atoms with Crippen LogP contribution in [0.25, 0.3) is 0 Å². The Morgan fingerprint density at radius 1 is 1.12 bits per heavy atom. The van der Waals surface area contributed by atoms with Gasteiger partial charge in [0.1, 0.15) is 0 Å². The van der Waals surface area contributed by atoms with Crippen molar-refractivity contribution in [3.8, 4) is 0 Å². The highest BCUT2D eigenvalue weighted by Gasteiger charge is 2.46. The van der Waals surface area contributed by atoms with Gasteiger partial charge in [0.2, 0.25) is 0 Å². The third-order valence-electron chi connectivity index (χ3n) is 5.83. The van der Waals surface area contributed by atoms with Crippen LogP contribution in [0.15, 0.2) is 0 Å². The highest BCUT2D eigenvalue weighted by molar-refractivity contribution is 5.04. The lowest BCUT2D eigenvalue weighted by atomic mass is 9.90. The topological polar surface area (TPSA) is 15.3 Å². The van der Waals surface area contributed by atoms with Gasteiger partial charge in [-0.3, -0.25) is 4.90 Å². The zero-order valence-corrected chi connectivity index (χ0v) is 11.7. The van der Waals surface area contributed by atoms with Crippen LogP contribution in [0.5, 0.6) is 0 Å². The number of rotatable bonds is 2. The molecule has 0 aromatic carbocycles. The summed E-state index contributed by atoms with van der Waals surface area (Å²) in [5, 5.41) is 3.80. The molecule has 1 heterocycles. The Labute approximate surface area is 106 Å². The molecule has 0 amide bonds. The molecule has 0 radical (unpaired) electrons. The van der Waals surface area contributed by atoms with Crippen molar-refractivity contribution in [2.45, 2.75) is 58.0 Å². The number of piperazine rings is 1. The minimum Gasteiger partial charge on any atom is -0.309 e. The summed E-state index contributed by atoms with van der Waals surface area (Å²) in [6, 6.07) is 0.866. The summed E-state index contributed by atoms with van der Waals surface area (Å²) in [4.78, 5) is 2.81. The smallest absolute Gasteiger partial charge is 0.0309 e. The zero-order valence-electron chi connectivity index (χ0n) is 11.7. The highest BCUT2D eigenvalue weighted by atomic mass is 15.3. The molecule has 1 saturated heterocycles. The molecule has 2 aliphatic carbocycles. The first-order valence-electron chi connectivity index (χ1n) is 7.59. The van der Waals surface area contributed by atoms with Crippen LogP contribution in [0.2, 0.25) is 0 Å². The molecule has 4 atom stereocenters. The van der Waals surface area contributed by atoms with Crippen molar-refractivity contribution in [3.05, 3.63) is 0 Å². The molecule has 0 aromatic rings. The second-order valence-corrected chi connectivity index (χ2v) is 7.07. The lowest BCUT2D eigenvalue weighted by Crippen LogP contribution is -2.62. The van der Waals surface area contributed by atoms with E-state index in [4.69, 9.17) is 0 Å². The molecule has 1 aliphatic heterocycles. The molecule has 1 N–H and O–H groups in total. The van der Waals surface area contributed by atoms with Crippen LogP contribution in [-0.2, 0) is 0 Å². The third kappa shape index (κ3) is 2.15. The summed E-state index contributed by atoms with van der Waals surface area (Å²) in [6.45, 7) is 11.1. The summed E-state index contributed by atoms with van der Waals surface area (Å²) in [6.07, 6.45) is 5.78. The van der Waals surface area contributed by atoms with E-state index in [9.17, 15) is 0 Å². The molecule has 0 bridgehead atoms. The first-order valence-corrected chi connectivity index (χ1v) is 7.59. The molecule has 3 fully saturated rings. The van der Waals surface area contributed by atoms with Crippen molar-refractivity contribution in [2.75, 3.05) is 19.6 Å². The van der Waals surface area contributed by atoms with Crippen LogP contribution >= 0.6 is 0 Å². The summed E-state index contributed by atoms with van der Waals surface area (Å²) >= 11 is 0. The second-order valence-electron chi connectivity index (χ2n) is 7.07. The quantitative estimate of drug-likeness (QED) is 0.792. The maximum absolute atomic E-state index is 3.80. The van der Waals surface area contributed by atoms with Gasteiger partial charge < -0.3 is 5.32 Å². The molecule has 2 heteroatoms. The van der Waals surface area contributed by atoms with Crippen LogP contribution in [-0.4, -0.2) is 36.1 Å². The van der Waals surface area contributed by atoms with Gasteiger partial charge in [-0.05, 0) is 50.4 Å². The SMILES string of the molecule is CC1CCC(N2CCNC(C)(C3CC3)C2)C1C. The molecule has 17 heavy (non-hydrogen) atoms. The predicted octanol–water partition coefficient (Wildman–Crippen LogP) is 2.49. The molecule has 2 nitrogen and oxygen atoms in total. The summed E-state index contributed by atoms with van der Waals surface area (Å²) in [5.41, 5.74) is 0.420. The van der Waals surface area contributed by atoms with Gasteiger partial charge in [-0.2, -0.15) is 0 Å². The minimum atomic E-state index is 0.420. The number of nitrogens with zero attached hydrogens (tertiary/aromatic N) is 1. The van der Waals surface area contributed by atoms with E-state index in [0.29, 0.717) is 5.54 Å². The van der Waals surface area contributed by atoms with E-state index in [2.05, 4.69) is 31.0 Å². The first-order chi connectivity index (χ1) is 8.10. The predicted molar refractivity (Wildman–Crippen MR) is 72.1 cm³/mol. The lowest BCUT2D eigenvalue weighted by Gasteiger charge is -2.45. The van der Waals surface area contributed by atoms with Gasteiger partial charge >= 0.3 is 0 Å². The van der Waals surface area contributed by atoms with E-state index >= 15 is 0 Å². The van der Waals surface area contributed by atoms with E-state index < -0.39 is 0 Å². The monoisotopic (exact) mass is 236 g/mol. The normalized spacial score (nSPS) is 48.5. The molecule has 0 spiro atoms. The average Bonchev–Trinajstić information content (AvgIpc) is 3.09. The van der Waals surface area contributed by atoms with Crippen molar-refractivity contribution < 1.29 is 0 Å². The molecule has 2 saturated carbocycles. The molecular weight excluding hydrogens is 208 g/mol. The minimum absolute atomic E-state index is 0.420. The van der Waals surface area contributed by atoms with E-state index in [1.807, 2.05) is 0 Å². The van der Waals surface area contributed by atoms with E-state index in [1.165, 1.54) is 45.3 Å². The fourth-order valence-corrected chi connectivity index (χ4v) is 4.17. The van der Waals surface area contributed by atoms with Crippen LogP contribution in [0.4, 0.5) is 0 Å².